The third kappa shape index (κ3) is 5.43. The Morgan fingerprint density at radius 2 is 1.61 bits per heavy atom. The van der Waals surface area contributed by atoms with Gasteiger partial charge in [0.2, 0.25) is 0 Å². The Bertz CT molecular complexity index is 948. The Morgan fingerprint density at radius 3 is 2.11 bits per heavy atom. The standard InChI is InChI=1S/C20H23NO5S2/c1-14-10-15(2)12-18(11-14)21(8-9-22)28(25,26)19-6-4-17(5-7-19)20(24)13-27-16(3)23/h4-7,10-12,22H,8-9,13H2,1-3H3. The lowest BCUT2D eigenvalue weighted by Crippen LogP contribution is -2.33. The summed E-state index contributed by atoms with van der Waals surface area (Å²) < 4.78 is 27.4. The predicted molar refractivity (Wildman–Crippen MR) is 111 cm³/mol. The molecule has 0 aromatic heterocycles. The van der Waals surface area contributed by atoms with Crippen molar-refractivity contribution in [1.29, 1.82) is 0 Å². The van der Waals surface area contributed by atoms with E-state index >= 15 is 0 Å². The third-order valence-electron chi connectivity index (χ3n) is 3.97. The highest BCUT2D eigenvalue weighted by atomic mass is 32.2. The smallest absolute Gasteiger partial charge is 0.264 e. The maximum Gasteiger partial charge on any atom is 0.264 e. The lowest BCUT2D eigenvalue weighted by atomic mass is 10.1. The first kappa shape index (κ1) is 22.1. The van der Waals surface area contributed by atoms with Crippen molar-refractivity contribution in [3.63, 3.8) is 0 Å². The molecule has 0 heterocycles. The van der Waals surface area contributed by atoms with E-state index in [1.807, 2.05) is 19.9 Å². The Kier molecular flexibility index (Phi) is 7.40. The molecule has 0 amide bonds. The molecular weight excluding hydrogens is 398 g/mol. The monoisotopic (exact) mass is 421 g/mol. The van der Waals surface area contributed by atoms with Crippen LogP contribution in [0.1, 0.15) is 28.4 Å². The summed E-state index contributed by atoms with van der Waals surface area (Å²) in [6.07, 6.45) is 0. The fraction of sp³-hybridized carbons (Fsp3) is 0.300. The lowest BCUT2D eigenvalue weighted by molar-refractivity contribution is -0.109. The molecule has 8 heteroatoms. The number of thioether (sulfide) groups is 1. The van der Waals surface area contributed by atoms with Crippen LogP contribution in [-0.4, -0.2) is 43.3 Å². The molecule has 2 rings (SSSR count). The Balaban J connectivity index is 2.34. The molecule has 2 aromatic rings. The zero-order valence-electron chi connectivity index (χ0n) is 16.0. The van der Waals surface area contributed by atoms with E-state index in [-0.39, 0.29) is 34.7 Å². The van der Waals surface area contributed by atoms with Crippen molar-refractivity contribution in [3.05, 3.63) is 59.2 Å². The summed E-state index contributed by atoms with van der Waals surface area (Å²) in [7, 11) is -3.92. The second-order valence-corrected chi connectivity index (χ2v) is 9.39. The number of nitrogens with zero attached hydrogens (tertiary/aromatic N) is 1. The summed E-state index contributed by atoms with van der Waals surface area (Å²) in [5.41, 5.74) is 2.64. The number of Topliss-reactive ketones (excluding diaryl/α,β-unsaturated/α-hetero) is 1. The second-order valence-electron chi connectivity index (χ2n) is 6.37. The van der Waals surface area contributed by atoms with Crippen LogP contribution in [0.25, 0.3) is 0 Å². The highest BCUT2D eigenvalue weighted by Gasteiger charge is 2.25. The third-order valence-corrected chi connectivity index (χ3v) is 6.62. The van der Waals surface area contributed by atoms with Gasteiger partial charge in [0.15, 0.2) is 10.9 Å². The van der Waals surface area contributed by atoms with Crippen LogP contribution in [0.4, 0.5) is 5.69 Å². The number of aliphatic hydroxyl groups is 1. The van der Waals surface area contributed by atoms with Gasteiger partial charge in [-0.2, -0.15) is 0 Å². The van der Waals surface area contributed by atoms with Crippen molar-refractivity contribution < 1.29 is 23.1 Å². The molecule has 150 valence electrons. The zero-order chi connectivity index (χ0) is 20.9. The van der Waals surface area contributed by atoms with Gasteiger partial charge in [-0.1, -0.05) is 30.0 Å². The molecule has 0 unspecified atom stereocenters. The minimum absolute atomic E-state index is 0.0145. The fourth-order valence-corrected chi connectivity index (χ4v) is 4.70. The number of aryl methyl sites for hydroxylation is 2. The Morgan fingerprint density at radius 1 is 1.04 bits per heavy atom. The molecule has 0 saturated carbocycles. The number of anilines is 1. The largest absolute Gasteiger partial charge is 0.394 e. The molecule has 0 aliphatic carbocycles. The van der Waals surface area contributed by atoms with Crippen molar-refractivity contribution in [3.8, 4) is 0 Å². The molecule has 0 saturated heterocycles. The van der Waals surface area contributed by atoms with Gasteiger partial charge in [0.05, 0.1) is 29.5 Å². The summed E-state index contributed by atoms with van der Waals surface area (Å²) in [5.74, 6) is -0.230. The summed E-state index contributed by atoms with van der Waals surface area (Å²) in [6.45, 7) is 4.72. The van der Waals surface area contributed by atoms with Crippen LogP contribution >= 0.6 is 11.8 Å². The van der Waals surface area contributed by atoms with Crippen LogP contribution < -0.4 is 4.31 Å². The maximum absolute atomic E-state index is 13.1. The average Bonchev–Trinajstić information content (AvgIpc) is 2.63. The fourth-order valence-electron chi connectivity index (χ4n) is 2.76. The van der Waals surface area contributed by atoms with E-state index in [9.17, 15) is 23.1 Å². The lowest BCUT2D eigenvalue weighted by Gasteiger charge is -2.24. The molecule has 0 aliphatic heterocycles. The first-order chi connectivity index (χ1) is 13.1. The van der Waals surface area contributed by atoms with Crippen molar-refractivity contribution in [1.82, 2.24) is 0 Å². The highest BCUT2D eigenvalue weighted by Crippen LogP contribution is 2.26. The van der Waals surface area contributed by atoms with E-state index in [1.165, 1.54) is 31.2 Å². The minimum Gasteiger partial charge on any atom is -0.394 e. The van der Waals surface area contributed by atoms with E-state index in [2.05, 4.69) is 0 Å². The van der Waals surface area contributed by atoms with Gasteiger partial charge in [-0.3, -0.25) is 13.9 Å². The molecule has 0 atom stereocenters. The van der Waals surface area contributed by atoms with Crippen LogP contribution in [-0.2, 0) is 14.8 Å². The number of hydrogen-bond donors (Lipinski definition) is 1. The molecule has 0 spiro atoms. The summed E-state index contributed by atoms with van der Waals surface area (Å²) in [6, 6.07) is 11.0. The molecule has 2 aromatic carbocycles. The van der Waals surface area contributed by atoms with Crippen LogP contribution in [0.5, 0.6) is 0 Å². The number of ketones is 1. The summed E-state index contributed by atoms with van der Waals surface area (Å²) in [5, 5.41) is 9.23. The van der Waals surface area contributed by atoms with Crippen molar-refractivity contribution in [2.24, 2.45) is 0 Å². The quantitative estimate of drug-likeness (QED) is 0.659. The van der Waals surface area contributed by atoms with Crippen LogP contribution in [0, 0.1) is 13.8 Å². The molecule has 0 fully saturated rings. The van der Waals surface area contributed by atoms with Crippen molar-refractivity contribution in [2.75, 3.05) is 23.2 Å². The first-order valence-corrected chi connectivity index (χ1v) is 11.1. The van der Waals surface area contributed by atoms with E-state index in [0.29, 0.717) is 11.3 Å². The molecule has 0 aliphatic rings. The molecule has 1 N–H and O–H groups in total. The summed E-state index contributed by atoms with van der Waals surface area (Å²) >= 11 is 0.913. The first-order valence-electron chi connectivity index (χ1n) is 8.63. The van der Waals surface area contributed by atoms with Crippen molar-refractivity contribution >= 4 is 38.4 Å². The molecule has 28 heavy (non-hydrogen) atoms. The van der Waals surface area contributed by atoms with E-state index < -0.39 is 10.0 Å². The molecular formula is C20H23NO5S2. The topological polar surface area (TPSA) is 91.8 Å². The minimum atomic E-state index is -3.92. The summed E-state index contributed by atoms with van der Waals surface area (Å²) in [4.78, 5) is 23.1. The van der Waals surface area contributed by atoms with Crippen molar-refractivity contribution in [2.45, 2.75) is 25.7 Å². The van der Waals surface area contributed by atoms with Gasteiger partial charge in [0.25, 0.3) is 10.0 Å². The molecule has 6 nitrogen and oxygen atoms in total. The van der Waals surface area contributed by atoms with E-state index in [1.54, 1.807) is 12.1 Å². The van der Waals surface area contributed by atoms with Gasteiger partial charge >= 0.3 is 0 Å². The predicted octanol–water partition coefficient (Wildman–Crippen LogP) is 2.95. The normalized spacial score (nSPS) is 11.3. The Hall–Kier alpha value is -2.16. The molecule has 0 radical (unpaired) electrons. The SMILES string of the molecule is CC(=O)SCC(=O)c1ccc(S(=O)(=O)N(CCO)c2cc(C)cc(C)c2)cc1. The van der Waals surface area contributed by atoms with E-state index in [0.717, 1.165) is 27.2 Å². The number of carbonyl (C=O) groups excluding carboxylic acids is 2. The van der Waals surface area contributed by atoms with Gasteiger partial charge in [0, 0.05) is 12.5 Å². The van der Waals surface area contributed by atoms with Gasteiger partial charge in [-0.15, -0.1) is 0 Å². The number of carbonyl (C=O) groups is 2. The van der Waals surface area contributed by atoms with Crippen LogP contribution in [0.3, 0.4) is 0 Å². The van der Waals surface area contributed by atoms with E-state index in [4.69, 9.17) is 0 Å². The average molecular weight is 422 g/mol. The van der Waals surface area contributed by atoms with Gasteiger partial charge in [0.1, 0.15) is 0 Å². The molecule has 0 bridgehead atoms. The van der Waals surface area contributed by atoms with Crippen LogP contribution in [0.15, 0.2) is 47.4 Å². The number of rotatable bonds is 8. The number of hydrogen-bond acceptors (Lipinski definition) is 6. The second kappa shape index (κ2) is 9.36. The van der Waals surface area contributed by atoms with Gasteiger partial charge in [-0.05, 0) is 49.2 Å². The number of sulfonamides is 1. The Labute approximate surface area is 169 Å². The van der Waals surface area contributed by atoms with Crippen LogP contribution in [0.2, 0.25) is 0 Å². The number of benzene rings is 2. The van der Waals surface area contributed by atoms with Gasteiger partial charge < -0.3 is 5.11 Å². The number of aliphatic hydroxyl groups excluding tert-OH is 1. The highest BCUT2D eigenvalue weighted by molar-refractivity contribution is 8.14. The maximum atomic E-state index is 13.1. The zero-order valence-corrected chi connectivity index (χ0v) is 17.6. The van der Waals surface area contributed by atoms with Gasteiger partial charge in [-0.25, -0.2) is 8.42 Å².